The lowest BCUT2D eigenvalue weighted by molar-refractivity contribution is -0.119. The van der Waals surface area contributed by atoms with Gasteiger partial charge in [-0.3, -0.25) is 14.0 Å². The number of carbonyl (C=O) groups is 1. The monoisotopic (exact) mass is 413 g/mol. The molecular formula is C19H31N3O5S. The van der Waals surface area contributed by atoms with Crippen LogP contribution in [0.2, 0.25) is 0 Å². The highest BCUT2D eigenvalue weighted by Gasteiger charge is 2.21. The van der Waals surface area contributed by atoms with Gasteiger partial charge in [0.05, 0.1) is 31.3 Å². The highest BCUT2D eigenvalue weighted by atomic mass is 32.2. The molecule has 1 aromatic rings. The summed E-state index contributed by atoms with van der Waals surface area (Å²) >= 11 is 0. The highest BCUT2D eigenvalue weighted by molar-refractivity contribution is 7.92. The topological polar surface area (TPSA) is 88.2 Å². The molecule has 0 unspecified atom stereocenters. The maximum atomic E-state index is 12.3. The van der Waals surface area contributed by atoms with Crippen molar-refractivity contribution >= 4 is 21.6 Å². The van der Waals surface area contributed by atoms with Crippen molar-refractivity contribution in [2.75, 3.05) is 56.5 Å². The fourth-order valence-corrected chi connectivity index (χ4v) is 3.76. The van der Waals surface area contributed by atoms with Gasteiger partial charge in [-0.1, -0.05) is 0 Å². The number of carbonyl (C=O) groups excluding carboxylic acids is 1. The molecule has 0 aliphatic carbocycles. The van der Waals surface area contributed by atoms with E-state index in [1.165, 1.54) is 0 Å². The number of hydrogen-bond acceptors (Lipinski definition) is 6. The van der Waals surface area contributed by atoms with Crippen LogP contribution in [0, 0.1) is 0 Å². The summed E-state index contributed by atoms with van der Waals surface area (Å²) in [7, 11) is -3.59. The van der Waals surface area contributed by atoms with E-state index in [0.717, 1.165) is 49.8 Å². The average Bonchev–Trinajstić information content (AvgIpc) is 2.64. The van der Waals surface area contributed by atoms with Gasteiger partial charge in [-0.15, -0.1) is 0 Å². The van der Waals surface area contributed by atoms with Crippen molar-refractivity contribution in [2.45, 2.75) is 26.4 Å². The van der Waals surface area contributed by atoms with Crippen molar-refractivity contribution in [3.8, 4) is 5.75 Å². The van der Waals surface area contributed by atoms with Crippen LogP contribution in [-0.4, -0.2) is 77.5 Å². The van der Waals surface area contributed by atoms with E-state index >= 15 is 0 Å². The van der Waals surface area contributed by atoms with Gasteiger partial charge in [-0.05, 0) is 51.1 Å². The SMILES string of the molecule is CC(C)Oc1ccc(N(CC(=O)NCCCN2CCOCC2)S(C)(=O)=O)cc1. The third kappa shape index (κ3) is 7.65. The Kier molecular flexibility index (Phi) is 8.53. The van der Waals surface area contributed by atoms with Gasteiger partial charge in [-0.2, -0.15) is 0 Å². The Balaban J connectivity index is 1.86. The third-order valence-electron chi connectivity index (χ3n) is 4.26. The standard InChI is InChI=1S/C19H31N3O5S/c1-16(2)27-18-7-5-17(6-8-18)22(28(3,24)25)15-19(23)20-9-4-10-21-11-13-26-14-12-21/h5-8,16H,4,9-15H2,1-3H3,(H,20,23). The zero-order chi connectivity index (χ0) is 20.6. The first-order chi connectivity index (χ1) is 13.3. The molecule has 1 aromatic carbocycles. The maximum Gasteiger partial charge on any atom is 0.240 e. The predicted molar refractivity (Wildman–Crippen MR) is 109 cm³/mol. The summed E-state index contributed by atoms with van der Waals surface area (Å²) in [6, 6.07) is 6.69. The number of benzene rings is 1. The zero-order valence-corrected chi connectivity index (χ0v) is 17.7. The van der Waals surface area contributed by atoms with Crippen molar-refractivity contribution in [1.82, 2.24) is 10.2 Å². The van der Waals surface area contributed by atoms with Crippen molar-refractivity contribution in [3.05, 3.63) is 24.3 Å². The minimum absolute atomic E-state index is 0.0279. The predicted octanol–water partition coefficient (Wildman–Crippen LogP) is 1.08. The van der Waals surface area contributed by atoms with E-state index in [-0.39, 0.29) is 18.6 Å². The van der Waals surface area contributed by atoms with E-state index in [0.29, 0.717) is 18.0 Å². The van der Waals surface area contributed by atoms with Crippen LogP contribution in [0.3, 0.4) is 0 Å². The molecule has 0 atom stereocenters. The summed E-state index contributed by atoms with van der Waals surface area (Å²) in [5, 5.41) is 2.80. The smallest absolute Gasteiger partial charge is 0.240 e. The third-order valence-corrected chi connectivity index (χ3v) is 5.40. The Labute approximate surface area is 167 Å². The number of morpholine rings is 1. The van der Waals surface area contributed by atoms with E-state index in [1.54, 1.807) is 24.3 Å². The molecule has 1 heterocycles. The molecule has 0 radical (unpaired) electrons. The molecule has 1 saturated heterocycles. The Morgan fingerprint density at radius 3 is 2.46 bits per heavy atom. The van der Waals surface area contributed by atoms with Gasteiger partial charge in [0.15, 0.2) is 0 Å². The van der Waals surface area contributed by atoms with Gasteiger partial charge in [0.2, 0.25) is 15.9 Å². The lowest BCUT2D eigenvalue weighted by Gasteiger charge is -2.26. The summed E-state index contributed by atoms with van der Waals surface area (Å²) in [5.74, 6) is 0.328. The van der Waals surface area contributed by atoms with Crippen LogP contribution < -0.4 is 14.4 Å². The molecule has 1 aliphatic rings. The number of amides is 1. The molecule has 28 heavy (non-hydrogen) atoms. The van der Waals surface area contributed by atoms with Gasteiger partial charge < -0.3 is 14.8 Å². The second-order valence-electron chi connectivity index (χ2n) is 7.09. The zero-order valence-electron chi connectivity index (χ0n) is 16.9. The van der Waals surface area contributed by atoms with E-state index in [4.69, 9.17) is 9.47 Å². The number of nitrogens with zero attached hydrogens (tertiary/aromatic N) is 2. The maximum absolute atomic E-state index is 12.3. The first-order valence-corrected chi connectivity index (χ1v) is 11.4. The summed E-state index contributed by atoms with van der Waals surface area (Å²) < 4.78 is 36.3. The van der Waals surface area contributed by atoms with E-state index in [1.807, 2.05) is 13.8 Å². The summed E-state index contributed by atoms with van der Waals surface area (Å²) in [5.41, 5.74) is 0.432. The summed E-state index contributed by atoms with van der Waals surface area (Å²) in [4.78, 5) is 14.6. The molecule has 0 bridgehead atoms. The lowest BCUT2D eigenvalue weighted by atomic mass is 10.3. The van der Waals surface area contributed by atoms with Crippen LogP contribution in [0.4, 0.5) is 5.69 Å². The van der Waals surface area contributed by atoms with Gasteiger partial charge in [0.25, 0.3) is 0 Å². The molecule has 8 nitrogen and oxygen atoms in total. The van der Waals surface area contributed by atoms with Crippen molar-refractivity contribution < 1.29 is 22.7 Å². The van der Waals surface area contributed by atoms with Crippen LogP contribution in [0.1, 0.15) is 20.3 Å². The van der Waals surface area contributed by atoms with Gasteiger partial charge >= 0.3 is 0 Å². The Morgan fingerprint density at radius 2 is 1.89 bits per heavy atom. The largest absolute Gasteiger partial charge is 0.491 e. The summed E-state index contributed by atoms with van der Waals surface area (Å²) in [6.45, 7) is 8.29. The fraction of sp³-hybridized carbons (Fsp3) is 0.632. The summed E-state index contributed by atoms with van der Waals surface area (Å²) in [6.07, 6.45) is 1.93. The van der Waals surface area contributed by atoms with Crippen LogP contribution in [0.25, 0.3) is 0 Å². The van der Waals surface area contributed by atoms with Crippen molar-refractivity contribution in [2.24, 2.45) is 0 Å². The molecule has 158 valence electrons. The number of nitrogens with one attached hydrogen (secondary N) is 1. The van der Waals surface area contributed by atoms with Crippen molar-refractivity contribution in [3.63, 3.8) is 0 Å². The minimum atomic E-state index is -3.59. The van der Waals surface area contributed by atoms with Gasteiger partial charge in [0, 0.05) is 19.6 Å². The first kappa shape index (κ1) is 22.4. The Hall–Kier alpha value is -1.84. The molecule has 0 aromatic heterocycles. The molecule has 9 heteroatoms. The van der Waals surface area contributed by atoms with E-state index < -0.39 is 10.0 Å². The molecule has 1 N–H and O–H groups in total. The molecule has 2 rings (SSSR count). The quantitative estimate of drug-likeness (QED) is 0.578. The van der Waals surface area contributed by atoms with Gasteiger partial charge in [0.1, 0.15) is 12.3 Å². The van der Waals surface area contributed by atoms with E-state index in [2.05, 4.69) is 10.2 Å². The second-order valence-corrected chi connectivity index (χ2v) is 8.99. The molecule has 1 aliphatic heterocycles. The number of hydrogen-bond donors (Lipinski definition) is 1. The van der Waals surface area contributed by atoms with Crippen LogP contribution in [0.15, 0.2) is 24.3 Å². The molecular weight excluding hydrogens is 382 g/mol. The highest BCUT2D eigenvalue weighted by Crippen LogP contribution is 2.22. The van der Waals surface area contributed by atoms with Gasteiger partial charge in [-0.25, -0.2) is 8.42 Å². The molecule has 0 saturated carbocycles. The second kappa shape index (κ2) is 10.6. The Bertz CT molecular complexity index is 716. The average molecular weight is 414 g/mol. The fourth-order valence-electron chi connectivity index (χ4n) is 2.90. The van der Waals surface area contributed by atoms with Crippen LogP contribution >= 0.6 is 0 Å². The Morgan fingerprint density at radius 1 is 1.25 bits per heavy atom. The van der Waals surface area contributed by atoms with Crippen LogP contribution in [-0.2, 0) is 19.6 Å². The number of sulfonamides is 1. The minimum Gasteiger partial charge on any atom is -0.491 e. The molecule has 0 spiro atoms. The van der Waals surface area contributed by atoms with Crippen LogP contribution in [0.5, 0.6) is 5.75 Å². The number of rotatable bonds is 10. The molecule has 1 fully saturated rings. The lowest BCUT2D eigenvalue weighted by Crippen LogP contribution is -2.41. The number of ether oxygens (including phenoxy) is 2. The normalized spacial score (nSPS) is 15.4. The number of anilines is 1. The molecule has 1 amide bonds. The van der Waals surface area contributed by atoms with Crippen molar-refractivity contribution in [1.29, 1.82) is 0 Å². The van der Waals surface area contributed by atoms with E-state index in [9.17, 15) is 13.2 Å². The first-order valence-electron chi connectivity index (χ1n) is 9.57.